The van der Waals surface area contributed by atoms with E-state index >= 15 is 36.7 Å². The molecule has 1 atom stereocenters. The van der Waals surface area contributed by atoms with Crippen LogP contribution in [0.3, 0.4) is 0 Å². The van der Waals surface area contributed by atoms with E-state index in [1.165, 1.54) is 36.4 Å². The summed E-state index contributed by atoms with van der Waals surface area (Å²) in [6.07, 6.45) is -11.4. The molecule has 2 aromatic heterocycles. The van der Waals surface area contributed by atoms with Crippen LogP contribution in [0.4, 0.5) is 43.9 Å². The Morgan fingerprint density at radius 3 is 1.60 bits per heavy atom. The largest absolute Gasteiger partial charge is 0.494 e. The molecular formula is C52H42F10N6O9. The van der Waals surface area contributed by atoms with E-state index in [0.29, 0.717) is 44.0 Å². The van der Waals surface area contributed by atoms with Gasteiger partial charge in [-0.15, -0.1) is 4.91 Å². The molecule has 2 heterocycles. The van der Waals surface area contributed by atoms with Gasteiger partial charge in [-0.3, -0.25) is 37.7 Å². The van der Waals surface area contributed by atoms with Gasteiger partial charge in [0, 0.05) is 40.9 Å². The van der Waals surface area contributed by atoms with Crippen molar-refractivity contribution in [3.05, 3.63) is 212 Å². The van der Waals surface area contributed by atoms with Gasteiger partial charge < -0.3 is 14.6 Å². The number of carboxylic acid groups (broad SMARTS) is 1. The quantitative estimate of drug-likeness (QED) is 0.0467. The van der Waals surface area contributed by atoms with Gasteiger partial charge in [-0.25, -0.2) is 27.2 Å². The molecule has 7 aromatic rings. The van der Waals surface area contributed by atoms with Crippen LogP contribution in [0, 0.1) is 35.1 Å². The summed E-state index contributed by atoms with van der Waals surface area (Å²) in [5, 5.41) is 13.1. The van der Waals surface area contributed by atoms with Crippen molar-refractivity contribution in [3.8, 4) is 33.8 Å². The predicted molar refractivity (Wildman–Crippen MR) is 257 cm³/mol. The van der Waals surface area contributed by atoms with Crippen LogP contribution in [0.15, 0.2) is 128 Å². The maximum atomic E-state index is 16.9. The van der Waals surface area contributed by atoms with Crippen molar-refractivity contribution in [1.29, 1.82) is 0 Å². The molecule has 0 aliphatic rings. The van der Waals surface area contributed by atoms with Crippen LogP contribution in [-0.4, -0.2) is 55.1 Å². The van der Waals surface area contributed by atoms with E-state index in [4.69, 9.17) is 9.47 Å². The minimum absolute atomic E-state index is 0.130. The van der Waals surface area contributed by atoms with Gasteiger partial charge in [-0.2, -0.15) is 26.3 Å². The van der Waals surface area contributed by atoms with Crippen LogP contribution in [0.25, 0.3) is 22.3 Å². The van der Waals surface area contributed by atoms with E-state index in [-0.39, 0.29) is 16.6 Å². The number of benzene rings is 5. The van der Waals surface area contributed by atoms with E-state index in [0.717, 1.165) is 62.6 Å². The molecule has 0 spiro atoms. The maximum absolute atomic E-state index is 16.9. The first kappa shape index (κ1) is 56.0. The van der Waals surface area contributed by atoms with Crippen molar-refractivity contribution in [2.24, 2.45) is 5.29 Å². The SMILES string of the molecule is COc1cccc(-c2c(C)n(Cc3c(F)cccc3C(F)(F)F)c(=O)n(Cc3c(-c4cccc(OC)c4F)c(=O)n(C[C@H](c4ccccc4)N(CCCC(=O)O)N=O)c(=O)n3Cc3c(F)cccc3C(F)(F)F)c2=O)c1F. The molecule has 7 rings (SSSR count). The highest BCUT2D eigenvalue weighted by atomic mass is 19.4. The predicted octanol–water partition coefficient (Wildman–Crippen LogP) is 9.32. The molecule has 0 aliphatic heterocycles. The number of aliphatic carboxylic acids is 1. The minimum Gasteiger partial charge on any atom is -0.494 e. The summed E-state index contributed by atoms with van der Waals surface area (Å²) in [4.78, 5) is 85.0. The van der Waals surface area contributed by atoms with Crippen LogP contribution in [0.1, 0.15) is 58.1 Å². The second-order valence-electron chi connectivity index (χ2n) is 17.2. The third-order valence-corrected chi connectivity index (χ3v) is 12.7. The molecule has 5 aromatic carbocycles. The summed E-state index contributed by atoms with van der Waals surface area (Å²) in [5.41, 5.74) is -17.0. The first-order valence-electron chi connectivity index (χ1n) is 22.9. The number of aromatic nitrogens is 4. The molecule has 0 saturated heterocycles. The average Bonchev–Trinajstić information content (AvgIpc) is 3.43. The van der Waals surface area contributed by atoms with Crippen LogP contribution in [-0.2, 0) is 43.3 Å². The third-order valence-electron chi connectivity index (χ3n) is 12.7. The molecule has 15 nitrogen and oxygen atoms in total. The van der Waals surface area contributed by atoms with Crippen LogP contribution < -0.4 is 32.0 Å². The number of ether oxygens (including phenoxy) is 2. The van der Waals surface area contributed by atoms with E-state index in [1.807, 2.05) is 0 Å². The number of halogens is 10. The zero-order valence-electron chi connectivity index (χ0n) is 40.5. The van der Waals surface area contributed by atoms with Gasteiger partial charge >= 0.3 is 29.7 Å². The minimum atomic E-state index is -5.37. The van der Waals surface area contributed by atoms with Crippen molar-refractivity contribution in [2.45, 2.75) is 64.3 Å². The molecule has 1 N–H and O–H groups in total. The molecule has 404 valence electrons. The van der Waals surface area contributed by atoms with E-state index in [1.54, 1.807) is 0 Å². The van der Waals surface area contributed by atoms with Gasteiger partial charge in [0.1, 0.15) is 11.6 Å². The highest BCUT2D eigenvalue weighted by molar-refractivity contribution is 5.70. The Morgan fingerprint density at radius 2 is 1.10 bits per heavy atom. The fraction of sp³-hybridized carbons (Fsp3) is 0.250. The van der Waals surface area contributed by atoms with Crippen molar-refractivity contribution in [3.63, 3.8) is 0 Å². The number of carboxylic acids is 1. The first-order valence-corrected chi connectivity index (χ1v) is 22.9. The standard InChI is InChI=1S/C52H42F10N6O9/c1-28-43(30-14-7-20-40(76-2)45(30)55)47(71)67(49(73)64(28)24-32-34(51(57,58)59)16-9-18-36(32)53)27-39-44(31-15-8-21-41(77-3)46(31)56)48(72)66(50(74)65(39)25-33-35(52(60,61)62)17-10-19-37(33)54)26-38(29-12-5-4-6-13-29)68(63-75)23-11-22-42(69)70/h4-10,12-21,38H,11,22-27H2,1-3H3,(H,69,70)/t38-/m1/s1. The molecule has 0 aliphatic carbocycles. The maximum Gasteiger partial charge on any atom is 0.416 e. The Labute approximate surface area is 428 Å². The molecule has 0 amide bonds. The second-order valence-corrected chi connectivity index (χ2v) is 17.2. The fourth-order valence-corrected chi connectivity index (χ4v) is 8.96. The normalized spacial score (nSPS) is 12.1. The lowest BCUT2D eigenvalue weighted by Crippen LogP contribution is -2.48. The van der Waals surface area contributed by atoms with Crippen LogP contribution in [0.5, 0.6) is 11.5 Å². The zero-order valence-corrected chi connectivity index (χ0v) is 40.5. The number of nitrogens with zero attached hydrogens (tertiary/aromatic N) is 6. The lowest BCUT2D eigenvalue weighted by atomic mass is 10.0. The van der Waals surface area contributed by atoms with E-state index in [9.17, 15) is 41.2 Å². The third kappa shape index (κ3) is 11.3. The summed E-state index contributed by atoms with van der Waals surface area (Å²) in [6, 6.07) is 15.7. The second kappa shape index (κ2) is 22.6. The van der Waals surface area contributed by atoms with Gasteiger partial charge in [0.05, 0.1) is 79.7 Å². The number of alkyl halides is 6. The summed E-state index contributed by atoms with van der Waals surface area (Å²) < 4.78 is 165. The van der Waals surface area contributed by atoms with Gasteiger partial charge in [0.25, 0.3) is 11.1 Å². The monoisotopic (exact) mass is 1080 g/mol. The number of carbonyl (C=O) groups is 1. The molecule has 25 heteroatoms. The molecule has 0 radical (unpaired) electrons. The number of methoxy groups -OCH3 is 2. The number of hydrogen-bond donors (Lipinski definition) is 1. The van der Waals surface area contributed by atoms with Gasteiger partial charge in [0.15, 0.2) is 23.1 Å². The number of hydrogen-bond acceptors (Lipinski definition) is 9. The molecule has 0 fully saturated rings. The molecule has 0 saturated carbocycles. The summed E-state index contributed by atoms with van der Waals surface area (Å²) in [6.45, 7) is -4.86. The summed E-state index contributed by atoms with van der Waals surface area (Å²) >= 11 is 0. The molecule has 0 bridgehead atoms. The highest BCUT2D eigenvalue weighted by Crippen LogP contribution is 2.37. The number of nitroso groups, excluding NO2 is 1. The Balaban J connectivity index is 1.65. The molecular weight excluding hydrogens is 1040 g/mol. The lowest BCUT2D eigenvalue weighted by Gasteiger charge is -2.28. The molecule has 77 heavy (non-hydrogen) atoms. The van der Waals surface area contributed by atoms with Crippen molar-refractivity contribution in [2.75, 3.05) is 20.8 Å². The lowest BCUT2D eigenvalue weighted by molar-refractivity contribution is -0.139. The van der Waals surface area contributed by atoms with Crippen molar-refractivity contribution >= 4 is 5.97 Å². The van der Waals surface area contributed by atoms with Crippen molar-refractivity contribution < 1.29 is 63.3 Å². The Morgan fingerprint density at radius 1 is 0.623 bits per heavy atom. The summed E-state index contributed by atoms with van der Waals surface area (Å²) in [7, 11) is 2.04. The van der Waals surface area contributed by atoms with Gasteiger partial charge in [-0.05, 0) is 55.3 Å². The van der Waals surface area contributed by atoms with Crippen LogP contribution >= 0.6 is 0 Å². The van der Waals surface area contributed by atoms with E-state index in [2.05, 4.69) is 5.29 Å². The first-order chi connectivity index (χ1) is 36.4. The molecule has 0 unspecified atom stereocenters. The fourth-order valence-electron chi connectivity index (χ4n) is 8.96. The van der Waals surface area contributed by atoms with Crippen molar-refractivity contribution in [1.82, 2.24) is 23.3 Å². The Hall–Kier alpha value is -8.77. The van der Waals surface area contributed by atoms with E-state index < -0.39 is 177 Å². The number of rotatable bonds is 19. The topological polar surface area (TPSA) is 176 Å². The Kier molecular flexibility index (Phi) is 16.4. The smallest absolute Gasteiger partial charge is 0.416 e. The average molecular weight is 1080 g/mol. The Bertz CT molecular complexity index is 3650. The summed E-state index contributed by atoms with van der Waals surface area (Å²) in [5.74, 6) is -8.16. The zero-order chi connectivity index (χ0) is 56.3. The van der Waals surface area contributed by atoms with Gasteiger partial charge in [0.2, 0.25) is 0 Å². The van der Waals surface area contributed by atoms with Crippen LogP contribution in [0.2, 0.25) is 0 Å². The highest BCUT2D eigenvalue weighted by Gasteiger charge is 2.38. The van der Waals surface area contributed by atoms with Gasteiger partial charge in [-0.1, -0.05) is 66.7 Å².